The van der Waals surface area contributed by atoms with Crippen molar-refractivity contribution in [3.63, 3.8) is 0 Å². The largest absolute Gasteiger partial charge is 0.354 e. The summed E-state index contributed by atoms with van der Waals surface area (Å²) in [7, 11) is 4.02. The van der Waals surface area contributed by atoms with E-state index in [2.05, 4.69) is 4.98 Å². The van der Waals surface area contributed by atoms with E-state index in [1.54, 1.807) is 11.3 Å². The Hall–Kier alpha value is -0.610. The van der Waals surface area contributed by atoms with Crippen molar-refractivity contribution in [2.24, 2.45) is 5.73 Å². The zero-order valence-electron chi connectivity index (χ0n) is 8.29. The average molecular weight is 197 g/mol. The lowest BCUT2D eigenvalue weighted by Crippen LogP contribution is -2.18. The molecule has 0 aliphatic heterocycles. The molecule has 0 aromatic carbocycles. The molecule has 3 nitrogen and oxygen atoms in total. The molecule has 1 fully saturated rings. The lowest BCUT2D eigenvalue weighted by atomic mass is 10.2. The molecule has 4 heteroatoms. The molecular weight excluding hydrogens is 182 g/mol. The van der Waals surface area contributed by atoms with Crippen LogP contribution in [0, 0.1) is 6.92 Å². The van der Waals surface area contributed by atoms with Gasteiger partial charge in [0.15, 0.2) is 5.13 Å². The Morgan fingerprint density at radius 2 is 2.08 bits per heavy atom. The molecule has 0 unspecified atom stereocenters. The minimum absolute atomic E-state index is 0.0317. The van der Waals surface area contributed by atoms with Crippen LogP contribution < -0.4 is 10.6 Å². The molecule has 13 heavy (non-hydrogen) atoms. The third-order valence-electron chi connectivity index (χ3n) is 2.41. The molecule has 0 amide bonds. The third kappa shape index (κ3) is 1.44. The van der Waals surface area contributed by atoms with E-state index in [1.165, 1.54) is 4.88 Å². The highest BCUT2D eigenvalue weighted by atomic mass is 32.1. The van der Waals surface area contributed by atoms with Gasteiger partial charge in [-0.05, 0) is 19.8 Å². The van der Waals surface area contributed by atoms with Crippen LogP contribution in [-0.4, -0.2) is 19.1 Å². The van der Waals surface area contributed by atoms with Crippen molar-refractivity contribution in [3.8, 4) is 0 Å². The average Bonchev–Trinajstić information content (AvgIpc) is 2.63. The fraction of sp³-hybridized carbons (Fsp3) is 0.667. The second-order valence-corrected chi connectivity index (χ2v) is 4.94. The highest BCUT2D eigenvalue weighted by molar-refractivity contribution is 7.15. The first-order valence-corrected chi connectivity index (χ1v) is 5.29. The highest BCUT2D eigenvalue weighted by Gasteiger charge is 2.43. The number of nitrogens with two attached hydrogens (primary N) is 1. The summed E-state index contributed by atoms with van der Waals surface area (Å²) < 4.78 is 0. The quantitative estimate of drug-likeness (QED) is 0.780. The summed E-state index contributed by atoms with van der Waals surface area (Å²) in [6.07, 6.45) is 2.23. The van der Waals surface area contributed by atoms with Crippen LogP contribution in [0.4, 0.5) is 5.13 Å². The summed E-state index contributed by atoms with van der Waals surface area (Å²) in [5.74, 6) is 0. The predicted octanol–water partition coefficient (Wildman–Crippen LogP) is 1.47. The van der Waals surface area contributed by atoms with Gasteiger partial charge in [0.2, 0.25) is 0 Å². The monoisotopic (exact) mass is 197 g/mol. The number of hydrogen-bond acceptors (Lipinski definition) is 4. The van der Waals surface area contributed by atoms with Crippen molar-refractivity contribution in [2.75, 3.05) is 19.0 Å². The molecule has 1 heterocycles. The molecule has 1 aromatic heterocycles. The van der Waals surface area contributed by atoms with Gasteiger partial charge in [-0.3, -0.25) is 0 Å². The molecule has 0 atom stereocenters. The maximum Gasteiger partial charge on any atom is 0.185 e. The van der Waals surface area contributed by atoms with E-state index in [-0.39, 0.29) is 5.54 Å². The Labute approximate surface area is 82.6 Å². The molecule has 0 saturated heterocycles. The van der Waals surface area contributed by atoms with Gasteiger partial charge in [-0.2, -0.15) is 0 Å². The van der Waals surface area contributed by atoms with E-state index in [1.807, 2.05) is 25.9 Å². The number of thiazole rings is 1. The van der Waals surface area contributed by atoms with E-state index in [0.29, 0.717) is 0 Å². The SMILES string of the molecule is Cc1nc(N(C)C)sc1C1(N)CC1. The van der Waals surface area contributed by atoms with Crippen LogP contribution in [0.2, 0.25) is 0 Å². The highest BCUT2D eigenvalue weighted by Crippen LogP contribution is 2.47. The van der Waals surface area contributed by atoms with Gasteiger partial charge in [-0.1, -0.05) is 11.3 Å². The standard InChI is InChI=1S/C9H15N3S/c1-6-7(9(10)4-5-9)13-8(11-6)12(2)3/h4-5,10H2,1-3H3. The van der Waals surface area contributed by atoms with Crippen LogP contribution in [-0.2, 0) is 5.54 Å². The fourth-order valence-corrected chi connectivity index (χ4v) is 2.55. The van der Waals surface area contributed by atoms with Gasteiger partial charge in [0.1, 0.15) is 0 Å². The molecule has 1 aliphatic carbocycles. The molecule has 72 valence electrons. The predicted molar refractivity (Wildman–Crippen MR) is 56.3 cm³/mol. The summed E-state index contributed by atoms with van der Waals surface area (Å²) in [4.78, 5) is 7.79. The summed E-state index contributed by atoms with van der Waals surface area (Å²) in [6, 6.07) is 0. The molecule has 1 saturated carbocycles. The Morgan fingerprint density at radius 1 is 1.46 bits per heavy atom. The maximum atomic E-state index is 6.13. The second kappa shape index (κ2) is 2.69. The number of hydrogen-bond donors (Lipinski definition) is 1. The van der Waals surface area contributed by atoms with E-state index in [4.69, 9.17) is 5.73 Å². The van der Waals surface area contributed by atoms with Crippen molar-refractivity contribution in [2.45, 2.75) is 25.3 Å². The van der Waals surface area contributed by atoms with Crippen molar-refractivity contribution < 1.29 is 0 Å². The van der Waals surface area contributed by atoms with Gasteiger partial charge in [0.05, 0.1) is 11.2 Å². The maximum absolute atomic E-state index is 6.13. The van der Waals surface area contributed by atoms with Crippen LogP contribution in [0.25, 0.3) is 0 Å². The minimum atomic E-state index is -0.0317. The second-order valence-electron chi connectivity index (χ2n) is 3.96. The zero-order chi connectivity index (χ0) is 9.64. The molecule has 2 N–H and O–H groups in total. The van der Waals surface area contributed by atoms with Crippen LogP contribution in [0.5, 0.6) is 0 Å². The van der Waals surface area contributed by atoms with Crippen molar-refractivity contribution in [1.82, 2.24) is 4.98 Å². The number of nitrogens with zero attached hydrogens (tertiary/aromatic N) is 2. The van der Waals surface area contributed by atoms with Gasteiger partial charge in [0.25, 0.3) is 0 Å². The van der Waals surface area contributed by atoms with Gasteiger partial charge >= 0.3 is 0 Å². The third-order valence-corrected chi connectivity index (χ3v) is 3.95. The van der Waals surface area contributed by atoms with E-state index in [9.17, 15) is 0 Å². The fourth-order valence-electron chi connectivity index (χ4n) is 1.40. The first-order valence-electron chi connectivity index (χ1n) is 4.47. The summed E-state index contributed by atoms with van der Waals surface area (Å²) in [6.45, 7) is 2.05. The van der Waals surface area contributed by atoms with E-state index in [0.717, 1.165) is 23.7 Å². The Balaban J connectivity index is 2.36. The lowest BCUT2D eigenvalue weighted by molar-refractivity contribution is 0.748. The van der Waals surface area contributed by atoms with Crippen molar-refractivity contribution in [1.29, 1.82) is 0 Å². The Kier molecular flexibility index (Phi) is 1.85. The first kappa shape index (κ1) is 8.97. The van der Waals surface area contributed by atoms with Gasteiger partial charge in [-0.25, -0.2) is 4.98 Å². The minimum Gasteiger partial charge on any atom is -0.354 e. The number of aryl methyl sites for hydroxylation is 1. The number of aromatic nitrogens is 1. The summed E-state index contributed by atoms with van der Waals surface area (Å²) in [5, 5.41) is 1.06. The first-order chi connectivity index (χ1) is 6.03. The molecule has 1 aliphatic rings. The molecule has 1 aromatic rings. The van der Waals surface area contributed by atoms with Crippen LogP contribution in [0.15, 0.2) is 0 Å². The topological polar surface area (TPSA) is 42.2 Å². The molecule has 0 radical (unpaired) electrons. The van der Waals surface area contributed by atoms with E-state index < -0.39 is 0 Å². The molecule has 0 spiro atoms. The van der Waals surface area contributed by atoms with Crippen LogP contribution in [0.1, 0.15) is 23.4 Å². The van der Waals surface area contributed by atoms with Gasteiger partial charge < -0.3 is 10.6 Å². The van der Waals surface area contributed by atoms with Crippen LogP contribution >= 0.6 is 11.3 Å². The molecule has 2 rings (SSSR count). The van der Waals surface area contributed by atoms with Crippen LogP contribution in [0.3, 0.4) is 0 Å². The zero-order valence-corrected chi connectivity index (χ0v) is 9.11. The lowest BCUT2D eigenvalue weighted by Gasteiger charge is -2.06. The smallest absolute Gasteiger partial charge is 0.185 e. The van der Waals surface area contributed by atoms with Crippen molar-refractivity contribution >= 4 is 16.5 Å². The Bertz CT molecular complexity index is 326. The molecule has 0 bridgehead atoms. The van der Waals surface area contributed by atoms with E-state index >= 15 is 0 Å². The summed E-state index contributed by atoms with van der Waals surface area (Å²) >= 11 is 1.73. The number of anilines is 1. The van der Waals surface area contributed by atoms with Crippen molar-refractivity contribution in [3.05, 3.63) is 10.6 Å². The normalized spacial score (nSPS) is 18.8. The molecular formula is C9H15N3S. The number of rotatable bonds is 2. The van der Waals surface area contributed by atoms with Gasteiger partial charge in [0, 0.05) is 19.0 Å². The van der Waals surface area contributed by atoms with Gasteiger partial charge in [-0.15, -0.1) is 0 Å². The Morgan fingerprint density at radius 3 is 2.46 bits per heavy atom. The summed E-state index contributed by atoms with van der Waals surface area (Å²) in [5.41, 5.74) is 7.21.